The van der Waals surface area contributed by atoms with Gasteiger partial charge in [-0.2, -0.15) is 0 Å². The lowest BCUT2D eigenvalue weighted by Gasteiger charge is -2.07. The van der Waals surface area contributed by atoms with Gasteiger partial charge in [0.25, 0.3) is 0 Å². The number of ether oxygens (including phenoxy) is 1. The van der Waals surface area contributed by atoms with Gasteiger partial charge in [0, 0.05) is 19.3 Å². The Morgan fingerprint density at radius 1 is 1.06 bits per heavy atom. The maximum absolute atomic E-state index is 5.61. The molecule has 1 fully saturated rings. The molecule has 0 saturated heterocycles. The maximum atomic E-state index is 5.61. The van der Waals surface area contributed by atoms with E-state index in [-0.39, 0.29) is 0 Å². The predicted octanol–water partition coefficient (Wildman–Crippen LogP) is 3.36. The summed E-state index contributed by atoms with van der Waals surface area (Å²) in [5, 5.41) is 3.44. The molecule has 0 atom stereocenters. The average molecular weight is 227 g/mol. The maximum Gasteiger partial charge on any atom is 0.0468 e. The molecule has 1 rings (SSSR count). The van der Waals surface area contributed by atoms with Gasteiger partial charge in [0.1, 0.15) is 0 Å². The lowest BCUT2D eigenvalue weighted by atomic mass is 10.2. The van der Waals surface area contributed by atoms with Gasteiger partial charge in [0.05, 0.1) is 0 Å². The van der Waals surface area contributed by atoms with Gasteiger partial charge in [-0.3, -0.25) is 0 Å². The summed E-state index contributed by atoms with van der Waals surface area (Å²) in [6, 6.07) is 0.630. The van der Waals surface area contributed by atoms with Crippen molar-refractivity contribution in [3.63, 3.8) is 0 Å². The van der Waals surface area contributed by atoms with Crippen molar-refractivity contribution in [3.8, 4) is 0 Å². The SMILES string of the molecule is CC(C)NCCCCCCOCCC1CC1. The van der Waals surface area contributed by atoms with Crippen LogP contribution in [0.25, 0.3) is 0 Å². The van der Waals surface area contributed by atoms with E-state index in [1.165, 1.54) is 51.5 Å². The van der Waals surface area contributed by atoms with Gasteiger partial charge in [-0.15, -0.1) is 0 Å². The summed E-state index contributed by atoms with van der Waals surface area (Å²) in [7, 11) is 0. The van der Waals surface area contributed by atoms with Gasteiger partial charge < -0.3 is 10.1 Å². The molecule has 96 valence electrons. The summed E-state index contributed by atoms with van der Waals surface area (Å²) < 4.78 is 5.61. The van der Waals surface area contributed by atoms with Crippen molar-refractivity contribution in [2.24, 2.45) is 5.92 Å². The molecule has 1 aliphatic rings. The minimum Gasteiger partial charge on any atom is -0.381 e. The van der Waals surface area contributed by atoms with Crippen LogP contribution in [-0.4, -0.2) is 25.8 Å². The Morgan fingerprint density at radius 2 is 1.81 bits per heavy atom. The molecule has 1 N–H and O–H groups in total. The van der Waals surface area contributed by atoms with E-state index in [1.54, 1.807) is 0 Å². The summed E-state index contributed by atoms with van der Waals surface area (Å²) in [5.41, 5.74) is 0. The van der Waals surface area contributed by atoms with E-state index in [1.807, 2.05) is 0 Å². The first-order chi connectivity index (χ1) is 7.79. The molecule has 0 unspecified atom stereocenters. The molecule has 0 aromatic heterocycles. The lowest BCUT2D eigenvalue weighted by molar-refractivity contribution is 0.124. The fraction of sp³-hybridized carbons (Fsp3) is 1.00. The van der Waals surface area contributed by atoms with Gasteiger partial charge in [0.15, 0.2) is 0 Å². The Kier molecular flexibility index (Phi) is 7.87. The Hall–Kier alpha value is -0.0800. The van der Waals surface area contributed by atoms with Crippen LogP contribution in [0.15, 0.2) is 0 Å². The fourth-order valence-electron chi connectivity index (χ4n) is 1.83. The van der Waals surface area contributed by atoms with Crippen LogP contribution < -0.4 is 5.32 Å². The van der Waals surface area contributed by atoms with E-state index in [4.69, 9.17) is 4.74 Å². The Morgan fingerprint density at radius 3 is 2.50 bits per heavy atom. The third kappa shape index (κ3) is 9.17. The average Bonchev–Trinajstić information content (AvgIpc) is 3.04. The number of nitrogens with one attached hydrogen (secondary N) is 1. The zero-order valence-corrected chi connectivity index (χ0v) is 11.1. The van der Waals surface area contributed by atoms with Crippen molar-refractivity contribution in [3.05, 3.63) is 0 Å². The van der Waals surface area contributed by atoms with E-state index in [9.17, 15) is 0 Å². The first-order valence-corrected chi connectivity index (χ1v) is 7.10. The molecule has 2 nitrogen and oxygen atoms in total. The van der Waals surface area contributed by atoms with Crippen molar-refractivity contribution in [2.75, 3.05) is 19.8 Å². The predicted molar refractivity (Wildman–Crippen MR) is 69.8 cm³/mol. The molecule has 16 heavy (non-hydrogen) atoms. The largest absolute Gasteiger partial charge is 0.381 e. The van der Waals surface area contributed by atoms with E-state index in [2.05, 4.69) is 19.2 Å². The second kappa shape index (κ2) is 9.00. The number of rotatable bonds is 11. The van der Waals surface area contributed by atoms with Crippen LogP contribution in [-0.2, 0) is 4.74 Å². The summed E-state index contributed by atoms with van der Waals surface area (Å²) in [6.45, 7) is 7.55. The standard InChI is InChI=1S/C14H29NO/c1-13(2)15-10-5-3-4-6-11-16-12-9-14-7-8-14/h13-15H,3-12H2,1-2H3. The molecule has 0 aliphatic heterocycles. The molecule has 0 heterocycles. The highest BCUT2D eigenvalue weighted by molar-refractivity contribution is 4.72. The first kappa shape index (κ1) is 14.0. The third-order valence-corrected chi connectivity index (χ3v) is 3.14. The fourth-order valence-corrected chi connectivity index (χ4v) is 1.83. The molecule has 0 amide bonds. The van der Waals surface area contributed by atoms with Gasteiger partial charge in [-0.1, -0.05) is 39.5 Å². The Balaban J connectivity index is 1.64. The minimum atomic E-state index is 0.630. The van der Waals surface area contributed by atoms with E-state index < -0.39 is 0 Å². The topological polar surface area (TPSA) is 21.3 Å². The molecule has 1 aliphatic carbocycles. The monoisotopic (exact) mass is 227 g/mol. The molecule has 0 aromatic carbocycles. The zero-order chi connectivity index (χ0) is 11.6. The van der Waals surface area contributed by atoms with Crippen LogP contribution in [0.2, 0.25) is 0 Å². The Labute approximate surface area is 101 Å². The summed E-state index contributed by atoms with van der Waals surface area (Å²) in [4.78, 5) is 0. The van der Waals surface area contributed by atoms with Gasteiger partial charge in [-0.25, -0.2) is 0 Å². The van der Waals surface area contributed by atoms with E-state index in [0.29, 0.717) is 6.04 Å². The van der Waals surface area contributed by atoms with E-state index in [0.717, 1.165) is 19.1 Å². The molecular weight excluding hydrogens is 198 g/mol. The van der Waals surface area contributed by atoms with Crippen molar-refractivity contribution in [1.82, 2.24) is 5.32 Å². The second-order valence-corrected chi connectivity index (χ2v) is 5.37. The van der Waals surface area contributed by atoms with Crippen molar-refractivity contribution in [2.45, 2.75) is 64.8 Å². The quantitative estimate of drug-likeness (QED) is 0.546. The van der Waals surface area contributed by atoms with Crippen LogP contribution in [0.4, 0.5) is 0 Å². The van der Waals surface area contributed by atoms with E-state index >= 15 is 0 Å². The molecule has 0 spiro atoms. The minimum absolute atomic E-state index is 0.630. The molecule has 2 heteroatoms. The number of hydrogen-bond acceptors (Lipinski definition) is 2. The molecule has 1 saturated carbocycles. The van der Waals surface area contributed by atoms with Crippen molar-refractivity contribution in [1.29, 1.82) is 0 Å². The molecule has 0 bridgehead atoms. The second-order valence-electron chi connectivity index (χ2n) is 5.37. The highest BCUT2D eigenvalue weighted by Crippen LogP contribution is 2.32. The summed E-state index contributed by atoms with van der Waals surface area (Å²) >= 11 is 0. The van der Waals surface area contributed by atoms with Crippen molar-refractivity contribution < 1.29 is 4.74 Å². The van der Waals surface area contributed by atoms with Crippen LogP contribution in [0.1, 0.15) is 58.8 Å². The molecular formula is C14H29NO. The van der Waals surface area contributed by atoms with Gasteiger partial charge in [0.2, 0.25) is 0 Å². The summed E-state index contributed by atoms with van der Waals surface area (Å²) in [5.74, 6) is 1.02. The first-order valence-electron chi connectivity index (χ1n) is 7.10. The van der Waals surface area contributed by atoms with Crippen molar-refractivity contribution >= 4 is 0 Å². The molecule has 0 radical (unpaired) electrons. The molecule has 0 aromatic rings. The number of hydrogen-bond donors (Lipinski definition) is 1. The van der Waals surface area contributed by atoms with Gasteiger partial charge >= 0.3 is 0 Å². The normalized spacial score (nSPS) is 15.9. The smallest absolute Gasteiger partial charge is 0.0468 e. The van der Waals surface area contributed by atoms with Gasteiger partial charge in [-0.05, 0) is 31.7 Å². The highest BCUT2D eigenvalue weighted by atomic mass is 16.5. The zero-order valence-electron chi connectivity index (χ0n) is 11.1. The highest BCUT2D eigenvalue weighted by Gasteiger charge is 2.20. The number of unbranched alkanes of at least 4 members (excludes halogenated alkanes) is 3. The lowest BCUT2D eigenvalue weighted by Crippen LogP contribution is -2.23. The van der Waals surface area contributed by atoms with Crippen LogP contribution in [0, 0.1) is 5.92 Å². The Bertz CT molecular complexity index is 145. The third-order valence-electron chi connectivity index (χ3n) is 3.14. The van der Waals surface area contributed by atoms with Crippen LogP contribution >= 0.6 is 0 Å². The van der Waals surface area contributed by atoms with Crippen LogP contribution in [0.5, 0.6) is 0 Å². The van der Waals surface area contributed by atoms with Crippen LogP contribution in [0.3, 0.4) is 0 Å². The summed E-state index contributed by atoms with van der Waals surface area (Å²) in [6.07, 6.45) is 9.41.